The van der Waals surface area contributed by atoms with E-state index in [2.05, 4.69) is 21.6 Å². The maximum Gasteiger partial charge on any atom is 0.137 e. The Morgan fingerprint density at radius 2 is 2.08 bits per heavy atom. The summed E-state index contributed by atoms with van der Waals surface area (Å²) in [7, 11) is 0. The predicted octanol–water partition coefficient (Wildman–Crippen LogP) is 3.21. The fraction of sp³-hybridized carbons (Fsp3) is 0.118. The fourth-order valence-corrected chi connectivity index (χ4v) is 2.62. The molecule has 5 nitrogen and oxygen atoms in total. The van der Waals surface area contributed by atoms with Crippen LogP contribution in [-0.2, 0) is 12.1 Å². The average molecular weight is 363 g/mol. The van der Waals surface area contributed by atoms with Gasteiger partial charge in [0, 0.05) is 17.8 Å². The van der Waals surface area contributed by atoms with Gasteiger partial charge in [-0.1, -0.05) is 18.2 Å². The van der Waals surface area contributed by atoms with Crippen LogP contribution in [-0.4, -0.2) is 24.9 Å². The highest BCUT2D eigenvalue weighted by molar-refractivity contribution is 6.29. The highest BCUT2D eigenvalue weighted by Crippen LogP contribution is 2.38. The quantitative estimate of drug-likeness (QED) is 0.708. The summed E-state index contributed by atoms with van der Waals surface area (Å²) in [5.74, 6) is -1.64. The smallest absolute Gasteiger partial charge is 0.137 e. The Morgan fingerprint density at radius 3 is 2.68 bits per heavy atom. The third kappa shape index (κ3) is 3.42. The molecule has 0 amide bonds. The molecule has 0 fully saturated rings. The molecule has 128 valence electrons. The van der Waals surface area contributed by atoms with Gasteiger partial charge >= 0.3 is 0 Å². The third-order valence-corrected chi connectivity index (χ3v) is 4.03. The second-order valence-corrected chi connectivity index (χ2v) is 5.81. The highest BCUT2D eigenvalue weighted by atomic mass is 35.5. The van der Waals surface area contributed by atoms with Crippen LogP contribution in [0, 0.1) is 11.6 Å². The van der Waals surface area contributed by atoms with Crippen LogP contribution in [0.2, 0.25) is 5.15 Å². The van der Waals surface area contributed by atoms with Gasteiger partial charge in [0.25, 0.3) is 0 Å². The van der Waals surface area contributed by atoms with E-state index in [9.17, 15) is 13.9 Å². The molecule has 3 aromatic rings. The summed E-state index contributed by atoms with van der Waals surface area (Å²) >= 11 is 5.78. The first-order valence-corrected chi connectivity index (χ1v) is 7.59. The molecule has 0 aliphatic carbocycles. The van der Waals surface area contributed by atoms with Crippen molar-refractivity contribution in [3.63, 3.8) is 0 Å². The zero-order chi connectivity index (χ0) is 18.0. The molecule has 1 aromatic carbocycles. The van der Waals surface area contributed by atoms with Crippen LogP contribution in [0.5, 0.6) is 0 Å². The lowest BCUT2D eigenvalue weighted by Gasteiger charge is -2.31. The minimum atomic E-state index is -1.90. The van der Waals surface area contributed by atoms with Crippen molar-refractivity contribution in [1.29, 1.82) is 0 Å². The number of aliphatic hydroxyl groups is 1. The van der Waals surface area contributed by atoms with Gasteiger partial charge in [0.2, 0.25) is 0 Å². The lowest BCUT2D eigenvalue weighted by Crippen LogP contribution is -2.34. The predicted molar refractivity (Wildman–Crippen MR) is 88.6 cm³/mol. The van der Waals surface area contributed by atoms with Crippen molar-refractivity contribution in [1.82, 2.24) is 19.7 Å². The van der Waals surface area contributed by atoms with E-state index in [1.165, 1.54) is 35.7 Å². The Kier molecular flexibility index (Phi) is 4.61. The third-order valence-electron chi connectivity index (χ3n) is 3.81. The standard InChI is InChI=1S/C17H13ClF2N4O/c1-11(12-2-5-16(18)22-7-12)17(25,8-24-10-21-9-23-24)14-4-3-13(19)6-15(14)20/h2-7,9-10,25H,1,8H2. The Hall–Kier alpha value is -2.64. The summed E-state index contributed by atoms with van der Waals surface area (Å²) in [6.07, 6.45) is 4.08. The molecule has 0 saturated heterocycles. The number of benzene rings is 1. The first kappa shape index (κ1) is 17.2. The molecular weight excluding hydrogens is 350 g/mol. The number of pyridine rings is 1. The van der Waals surface area contributed by atoms with Gasteiger partial charge in [0.05, 0.1) is 6.54 Å². The van der Waals surface area contributed by atoms with Crippen molar-refractivity contribution in [3.05, 3.63) is 83.7 Å². The highest BCUT2D eigenvalue weighted by Gasteiger charge is 2.37. The molecule has 1 atom stereocenters. The van der Waals surface area contributed by atoms with Crippen LogP contribution < -0.4 is 0 Å². The van der Waals surface area contributed by atoms with Gasteiger partial charge in [-0.2, -0.15) is 5.10 Å². The molecule has 1 unspecified atom stereocenters. The summed E-state index contributed by atoms with van der Waals surface area (Å²) in [6, 6.07) is 6.08. The van der Waals surface area contributed by atoms with E-state index >= 15 is 0 Å². The molecule has 0 radical (unpaired) electrons. The number of halogens is 3. The number of nitrogens with zero attached hydrogens (tertiary/aromatic N) is 4. The summed E-state index contributed by atoms with van der Waals surface area (Å²) in [5.41, 5.74) is -1.42. The molecule has 0 saturated carbocycles. The molecule has 2 heterocycles. The Bertz CT molecular complexity index is 900. The monoisotopic (exact) mass is 362 g/mol. The molecule has 0 aliphatic heterocycles. The van der Waals surface area contributed by atoms with Gasteiger partial charge in [-0.15, -0.1) is 0 Å². The van der Waals surface area contributed by atoms with E-state index in [0.717, 1.165) is 6.07 Å². The summed E-state index contributed by atoms with van der Waals surface area (Å²) in [5, 5.41) is 15.5. The van der Waals surface area contributed by atoms with Crippen LogP contribution in [0.4, 0.5) is 8.78 Å². The lowest BCUT2D eigenvalue weighted by atomic mass is 9.83. The van der Waals surface area contributed by atoms with Crippen LogP contribution in [0.1, 0.15) is 11.1 Å². The largest absolute Gasteiger partial charge is 0.378 e. The zero-order valence-electron chi connectivity index (χ0n) is 12.9. The Labute approximate surface area is 147 Å². The van der Waals surface area contributed by atoms with Crippen molar-refractivity contribution >= 4 is 17.2 Å². The van der Waals surface area contributed by atoms with Gasteiger partial charge in [0.1, 0.15) is 35.0 Å². The molecule has 0 spiro atoms. The number of hydrogen-bond donors (Lipinski definition) is 1. The van der Waals surface area contributed by atoms with Crippen LogP contribution in [0.3, 0.4) is 0 Å². The normalized spacial score (nSPS) is 13.4. The second-order valence-electron chi connectivity index (χ2n) is 5.43. The van der Waals surface area contributed by atoms with Crippen molar-refractivity contribution in [2.75, 3.05) is 0 Å². The second kappa shape index (κ2) is 6.70. The summed E-state index contributed by atoms with van der Waals surface area (Å²) in [4.78, 5) is 7.75. The van der Waals surface area contributed by atoms with E-state index in [-0.39, 0.29) is 22.8 Å². The van der Waals surface area contributed by atoms with E-state index in [0.29, 0.717) is 11.6 Å². The van der Waals surface area contributed by atoms with Crippen molar-refractivity contribution < 1.29 is 13.9 Å². The Balaban J connectivity index is 2.10. The van der Waals surface area contributed by atoms with E-state index in [1.54, 1.807) is 6.07 Å². The molecular formula is C17H13ClF2N4O. The molecule has 8 heteroatoms. The summed E-state index contributed by atoms with van der Waals surface area (Å²) in [6.45, 7) is 3.72. The van der Waals surface area contributed by atoms with Crippen LogP contribution >= 0.6 is 11.6 Å². The van der Waals surface area contributed by atoms with Crippen molar-refractivity contribution in [2.24, 2.45) is 0 Å². The SMILES string of the molecule is C=C(c1ccc(Cl)nc1)C(O)(Cn1cncn1)c1ccc(F)cc1F. The van der Waals surface area contributed by atoms with Crippen molar-refractivity contribution in [3.8, 4) is 0 Å². The zero-order valence-corrected chi connectivity index (χ0v) is 13.7. The molecule has 2 aromatic heterocycles. The van der Waals surface area contributed by atoms with Gasteiger partial charge in [-0.25, -0.2) is 23.4 Å². The number of rotatable bonds is 5. The van der Waals surface area contributed by atoms with Gasteiger partial charge < -0.3 is 5.11 Å². The lowest BCUT2D eigenvalue weighted by molar-refractivity contribution is 0.0726. The first-order valence-electron chi connectivity index (χ1n) is 7.22. The summed E-state index contributed by atoms with van der Waals surface area (Å²) < 4.78 is 29.0. The average Bonchev–Trinajstić information content (AvgIpc) is 3.07. The molecule has 1 N–H and O–H groups in total. The first-order chi connectivity index (χ1) is 11.9. The fourth-order valence-electron chi connectivity index (χ4n) is 2.51. The number of hydrogen-bond acceptors (Lipinski definition) is 4. The molecule has 3 rings (SSSR count). The van der Waals surface area contributed by atoms with E-state index in [4.69, 9.17) is 11.6 Å². The van der Waals surface area contributed by atoms with Gasteiger partial charge in [-0.05, 0) is 35.4 Å². The minimum absolute atomic E-state index is 0.135. The van der Waals surface area contributed by atoms with Crippen LogP contribution in [0.15, 0.2) is 55.8 Å². The van der Waals surface area contributed by atoms with E-state index in [1.807, 2.05) is 0 Å². The molecule has 0 bridgehead atoms. The van der Waals surface area contributed by atoms with Gasteiger partial charge in [-0.3, -0.25) is 0 Å². The van der Waals surface area contributed by atoms with Crippen molar-refractivity contribution in [2.45, 2.75) is 12.1 Å². The molecule has 25 heavy (non-hydrogen) atoms. The topological polar surface area (TPSA) is 63.8 Å². The number of aromatic nitrogens is 4. The minimum Gasteiger partial charge on any atom is -0.378 e. The maximum atomic E-state index is 14.4. The maximum absolute atomic E-state index is 14.4. The van der Waals surface area contributed by atoms with Gasteiger partial charge in [0.15, 0.2) is 0 Å². The molecule has 0 aliphatic rings. The van der Waals surface area contributed by atoms with E-state index < -0.39 is 17.2 Å². The van der Waals surface area contributed by atoms with Crippen LogP contribution in [0.25, 0.3) is 5.57 Å². The Morgan fingerprint density at radius 1 is 1.28 bits per heavy atom.